The first-order valence-corrected chi connectivity index (χ1v) is 6.20. The predicted molar refractivity (Wildman–Crippen MR) is 72.5 cm³/mol. The fraction of sp³-hybridized carbons (Fsp3) is 0.462. The molecule has 1 atom stereocenters. The molecule has 8 heteroatoms. The van der Waals surface area contributed by atoms with Crippen molar-refractivity contribution in [1.29, 1.82) is 0 Å². The van der Waals surface area contributed by atoms with Crippen LogP contribution in [0.1, 0.15) is 23.7 Å². The van der Waals surface area contributed by atoms with Crippen molar-refractivity contribution in [3.8, 4) is 0 Å². The minimum Gasteiger partial charge on any atom is -0.388 e. The third-order valence-electron chi connectivity index (χ3n) is 2.88. The summed E-state index contributed by atoms with van der Waals surface area (Å²) in [7, 11) is 1.49. The third-order valence-corrected chi connectivity index (χ3v) is 2.88. The van der Waals surface area contributed by atoms with Crippen LogP contribution in [0.15, 0.2) is 18.2 Å². The van der Waals surface area contributed by atoms with Crippen molar-refractivity contribution in [2.24, 2.45) is 0 Å². The van der Waals surface area contributed by atoms with Crippen LogP contribution in [0.3, 0.4) is 0 Å². The molecule has 21 heavy (non-hydrogen) atoms. The molecule has 0 bridgehead atoms. The van der Waals surface area contributed by atoms with Gasteiger partial charge in [0.1, 0.15) is 5.82 Å². The SMILES string of the molecule is COCCC(C)(O)CNC(=O)c1ccc([N+](=O)[O-])cc1F. The van der Waals surface area contributed by atoms with Crippen molar-refractivity contribution in [3.05, 3.63) is 39.7 Å². The number of halogens is 1. The highest BCUT2D eigenvalue weighted by atomic mass is 19.1. The molecular weight excluding hydrogens is 283 g/mol. The van der Waals surface area contributed by atoms with Crippen LogP contribution in [0.4, 0.5) is 10.1 Å². The normalized spacial score (nSPS) is 13.5. The van der Waals surface area contributed by atoms with Gasteiger partial charge in [0.25, 0.3) is 11.6 Å². The number of nitro groups is 1. The highest BCUT2D eigenvalue weighted by Crippen LogP contribution is 2.17. The number of carbonyl (C=O) groups is 1. The Kier molecular flexibility index (Phi) is 5.74. The van der Waals surface area contributed by atoms with E-state index in [1.54, 1.807) is 0 Å². The van der Waals surface area contributed by atoms with Gasteiger partial charge in [0.15, 0.2) is 0 Å². The number of rotatable bonds is 7. The summed E-state index contributed by atoms with van der Waals surface area (Å²) >= 11 is 0. The van der Waals surface area contributed by atoms with Gasteiger partial charge in [-0.25, -0.2) is 4.39 Å². The minimum atomic E-state index is -1.19. The molecule has 0 heterocycles. The van der Waals surface area contributed by atoms with Crippen LogP contribution < -0.4 is 5.32 Å². The minimum absolute atomic E-state index is 0.0916. The summed E-state index contributed by atoms with van der Waals surface area (Å²) in [5.74, 6) is -1.74. The van der Waals surface area contributed by atoms with E-state index in [9.17, 15) is 24.4 Å². The Balaban J connectivity index is 2.70. The van der Waals surface area contributed by atoms with Gasteiger partial charge in [-0.2, -0.15) is 0 Å². The zero-order chi connectivity index (χ0) is 16.0. The van der Waals surface area contributed by atoms with Gasteiger partial charge in [-0.1, -0.05) is 0 Å². The molecule has 1 aromatic rings. The first-order valence-electron chi connectivity index (χ1n) is 6.20. The summed E-state index contributed by atoms with van der Waals surface area (Å²) in [5, 5.41) is 22.8. The van der Waals surface area contributed by atoms with Crippen molar-refractivity contribution in [3.63, 3.8) is 0 Å². The summed E-state index contributed by atoms with van der Waals surface area (Å²) in [6, 6.07) is 2.76. The first kappa shape index (κ1) is 17.0. The lowest BCUT2D eigenvalue weighted by atomic mass is 10.0. The van der Waals surface area contributed by atoms with Crippen LogP contribution in [0.5, 0.6) is 0 Å². The second kappa shape index (κ2) is 7.09. The Morgan fingerprint density at radius 3 is 2.76 bits per heavy atom. The second-order valence-corrected chi connectivity index (χ2v) is 4.84. The van der Waals surface area contributed by atoms with Crippen molar-refractivity contribution in [2.75, 3.05) is 20.3 Å². The molecule has 1 amide bonds. The van der Waals surface area contributed by atoms with Crippen molar-refractivity contribution in [2.45, 2.75) is 18.9 Å². The molecule has 0 aliphatic rings. The van der Waals surface area contributed by atoms with Gasteiger partial charge in [-0.15, -0.1) is 0 Å². The van der Waals surface area contributed by atoms with E-state index in [2.05, 4.69) is 5.32 Å². The van der Waals surface area contributed by atoms with Gasteiger partial charge in [0, 0.05) is 32.7 Å². The molecule has 1 unspecified atom stereocenters. The van der Waals surface area contributed by atoms with E-state index in [-0.39, 0.29) is 12.1 Å². The predicted octanol–water partition coefficient (Wildman–Crippen LogP) is 1.25. The fourth-order valence-electron chi connectivity index (χ4n) is 1.58. The number of hydrogen-bond donors (Lipinski definition) is 2. The Morgan fingerprint density at radius 2 is 2.24 bits per heavy atom. The molecule has 0 spiro atoms. The lowest BCUT2D eigenvalue weighted by molar-refractivity contribution is -0.385. The highest BCUT2D eigenvalue weighted by molar-refractivity contribution is 5.94. The van der Waals surface area contributed by atoms with Gasteiger partial charge in [0.2, 0.25) is 0 Å². The van der Waals surface area contributed by atoms with Crippen LogP contribution in [-0.2, 0) is 4.74 Å². The van der Waals surface area contributed by atoms with E-state index >= 15 is 0 Å². The topological polar surface area (TPSA) is 102 Å². The van der Waals surface area contributed by atoms with Gasteiger partial charge in [-0.3, -0.25) is 14.9 Å². The van der Waals surface area contributed by atoms with E-state index in [4.69, 9.17) is 4.74 Å². The standard InChI is InChI=1S/C13H17FN2O5/c1-13(18,5-6-21-2)8-15-12(17)10-4-3-9(16(19)20)7-11(10)14/h3-4,7,18H,5-6,8H2,1-2H3,(H,15,17). The molecule has 0 saturated heterocycles. The lowest BCUT2D eigenvalue weighted by Crippen LogP contribution is -2.41. The maximum Gasteiger partial charge on any atom is 0.272 e. The van der Waals surface area contributed by atoms with E-state index < -0.39 is 27.9 Å². The summed E-state index contributed by atoms with van der Waals surface area (Å²) < 4.78 is 18.5. The summed E-state index contributed by atoms with van der Waals surface area (Å²) in [6.07, 6.45) is 0.298. The lowest BCUT2D eigenvalue weighted by Gasteiger charge is -2.23. The van der Waals surface area contributed by atoms with Crippen molar-refractivity contribution in [1.82, 2.24) is 5.32 Å². The van der Waals surface area contributed by atoms with E-state index in [1.807, 2.05) is 0 Å². The van der Waals surface area contributed by atoms with Gasteiger partial charge < -0.3 is 15.2 Å². The number of ether oxygens (including phenoxy) is 1. The Hall–Kier alpha value is -2.06. The first-order chi connectivity index (χ1) is 9.76. The quantitative estimate of drug-likeness (QED) is 0.583. The molecule has 0 aliphatic heterocycles. The second-order valence-electron chi connectivity index (χ2n) is 4.84. The molecule has 0 radical (unpaired) electrons. The van der Waals surface area contributed by atoms with Gasteiger partial charge >= 0.3 is 0 Å². The monoisotopic (exact) mass is 300 g/mol. The number of amides is 1. The van der Waals surface area contributed by atoms with E-state index in [0.717, 1.165) is 12.1 Å². The number of hydrogen-bond acceptors (Lipinski definition) is 5. The van der Waals surface area contributed by atoms with E-state index in [0.29, 0.717) is 19.1 Å². The smallest absolute Gasteiger partial charge is 0.272 e. The summed E-state index contributed by atoms with van der Waals surface area (Å²) in [6.45, 7) is 1.73. The molecule has 1 aromatic carbocycles. The number of nitrogens with one attached hydrogen (secondary N) is 1. The largest absolute Gasteiger partial charge is 0.388 e. The van der Waals surface area contributed by atoms with Crippen LogP contribution in [0.25, 0.3) is 0 Å². The van der Waals surface area contributed by atoms with Crippen LogP contribution in [0.2, 0.25) is 0 Å². The number of non-ortho nitro benzene ring substituents is 1. The van der Waals surface area contributed by atoms with Crippen molar-refractivity contribution < 1.29 is 24.0 Å². The zero-order valence-electron chi connectivity index (χ0n) is 11.8. The molecule has 0 aliphatic carbocycles. The van der Waals surface area contributed by atoms with E-state index in [1.165, 1.54) is 14.0 Å². The average Bonchev–Trinajstić information content (AvgIpc) is 2.42. The maximum absolute atomic E-state index is 13.6. The molecule has 1 rings (SSSR count). The average molecular weight is 300 g/mol. The number of carbonyl (C=O) groups excluding carboxylic acids is 1. The molecule has 7 nitrogen and oxygen atoms in total. The maximum atomic E-state index is 13.6. The fourth-order valence-corrected chi connectivity index (χ4v) is 1.58. The highest BCUT2D eigenvalue weighted by Gasteiger charge is 2.22. The van der Waals surface area contributed by atoms with Gasteiger partial charge in [-0.05, 0) is 13.0 Å². The number of methoxy groups -OCH3 is 1. The molecule has 0 fully saturated rings. The Bertz CT molecular complexity index is 533. The molecule has 0 aromatic heterocycles. The van der Waals surface area contributed by atoms with Crippen molar-refractivity contribution >= 4 is 11.6 Å². The number of nitrogens with zero attached hydrogens (tertiary/aromatic N) is 1. The molecule has 2 N–H and O–H groups in total. The Labute approximate surface area is 120 Å². The Morgan fingerprint density at radius 1 is 1.57 bits per heavy atom. The molecule has 0 saturated carbocycles. The third kappa shape index (κ3) is 5.09. The van der Waals surface area contributed by atoms with Crippen LogP contribution in [0, 0.1) is 15.9 Å². The summed E-state index contributed by atoms with van der Waals surface area (Å²) in [5.41, 5.74) is -1.94. The van der Waals surface area contributed by atoms with Gasteiger partial charge in [0.05, 0.1) is 22.2 Å². The number of benzene rings is 1. The molecule has 116 valence electrons. The zero-order valence-corrected chi connectivity index (χ0v) is 11.8. The van der Waals surface area contributed by atoms with Crippen LogP contribution >= 0.6 is 0 Å². The number of aliphatic hydroxyl groups is 1. The van der Waals surface area contributed by atoms with Crippen LogP contribution in [-0.4, -0.2) is 41.8 Å². The summed E-state index contributed by atoms with van der Waals surface area (Å²) in [4.78, 5) is 21.5. The molecular formula is C13H17FN2O5. The number of nitro benzene ring substituents is 1.